The van der Waals surface area contributed by atoms with E-state index in [-0.39, 0.29) is 12.2 Å². The number of hydrogen-bond donors (Lipinski definition) is 2. The van der Waals surface area contributed by atoms with Gasteiger partial charge in [0.1, 0.15) is 0 Å². The van der Waals surface area contributed by atoms with Crippen molar-refractivity contribution < 1.29 is 20.3 Å². The van der Waals surface area contributed by atoms with Crippen molar-refractivity contribution in [2.45, 2.75) is 76.4 Å². The number of hydrogen-bond acceptors (Lipinski definition) is 4. The highest BCUT2D eigenvalue weighted by molar-refractivity contribution is 4.63. The maximum atomic E-state index is 8.19. The normalized spacial score (nSPS) is 23.6. The SMILES string of the molecule is OOC1CCCCC1.OOC1CCCCC1. The van der Waals surface area contributed by atoms with Crippen LogP contribution in [0, 0.1) is 0 Å². The molecule has 2 aliphatic carbocycles. The molecule has 16 heavy (non-hydrogen) atoms. The van der Waals surface area contributed by atoms with Crippen molar-refractivity contribution in [3.8, 4) is 0 Å². The molecule has 0 aliphatic heterocycles. The Balaban J connectivity index is 0.000000160. The maximum Gasteiger partial charge on any atom is 0.0927 e. The van der Waals surface area contributed by atoms with Crippen LogP contribution in [0.2, 0.25) is 0 Å². The molecule has 0 amide bonds. The van der Waals surface area contributed by atoms with Crippen LogP contribution >= 0.6 is 0 Å². The summed E-state index contributed by atoms with van der Waals surface area (Å²) in [6.07, 6.45) is 11.9. The van der Waals surface area contributed by atoms with Gasteiger partial charge in [-0.1, -0.05) is 38.5 Å². The van der Waals surface area contributed by atoms with Gasteiger partial charge < -0.3 is 0 Å². The molecular weight excluding hydrogens is 208 g/mol. The lowest BCUT2D eigenvalue weighted by atomic mass is 9.98. The van der Waals surface area contributed by atoms with Crippen LogP contribution in [0.25, 0.3) is 0 Å². The minimum absolute atomic E-state index is 0.142. The zero-order chi connectivity index (χ0) is 11.6. The van der Waals surface area contributed by atoms with Crippen molar-refractivity contribution in [1.29, 1.82) is 0 Å². The van der Waals surface area contributed by atoms with Gasteiger partial charge in [-0.25, -0.2) is 9.78 Å². The van der Waals surface area contributed by atoms with E-state index in [1.165, 1.54) is 38.5 Å². The zero-order valence-corrected chi connectivity index (χ0v) is 9.94. The van der Waals surface area contributed by atoms with E-state index in [9.17, 15) is 0 Å². The molecule has 0 aromatic carbocycles. The molecule has 2 rings (SSSR count). The number of rotatable bonds is 2. The Hall–Kier alpha value is -0.160. The van der Waals surface area contributed by atoms with Crippen molar-refractivity contribution in [2.24, 2.45) is 0 Å². The molecule has 2 fully saturated rings. The minimum atomic E-state index is 0.142. The van der Waals surface area contributed by atoms with Crippen LogP contribution in [-0.2, 0) is 9.78 Å². The van der Waals surface area contributed by atoms with E-state index in [0.29, 0.717) is 0 Å². The smallest absolute Gasteiger partial charge is 0.0927 e. The molecule has 0 spiro atoms. The monoisotopic (exact) mass is 232 g/mol. The van der Waals surface area contributed by atoms with E-state index in [0.717, 1.165) is 25.7 Å². The van der Waals surface area contributed by atoms with Crippen LogP contribution in [0.15, 0.2) is 0 Å². The van der Waals surface area contributed by atoms with E-state index in [4.69, 9.17) is 10.5 Å². The molecule has 96 valence electrons. The highest BCUT2D eigenvalue weighted by Gasteiger charge is 2.12. The van der Waals surface area contributed by atoms with Gasteiger partial charge in [0.15, 0.2) is 0 Å². The van der Waals surface area contributed by atoms with Crippen LogP contribution in [0.3, 0.4) is 0 Å². The summed E-state index contributed by atoms with van der Waals surface area (Å²) < 4.78 is 0. The molecule has 4 heteroatoms. The fourth-order valence-corrected chi connectivity index (χ4v) is 2.34. The molecular formula is C12H24O4. The predicted molar refractivity (Wildman–Crippen MR) is 61.2 cm³/mol. The van der Waals surface area contributed by atoms with Gasteiger partial charge in [-0.05, 0) is 25.7 Å². The van der Waals surface area contributed by atoms with Gasteiger partial charge in [0.05, 0.1) is 12.2 Å². The third-order valence-corrected chi connectivity index (χ3v) is 3.40. The molecule has 0 saturated heterocycles. The van der Waals surface area contributed by atoms with Crippen LogP contribution in [0.4, 0.5) is 0 Å². The summed E-state index contributed by atoms with van der Waals surface area (Å²) >= 11 is 0. The van der Waals surface area contributed by atoms with E-state index in [2.05, 4.69) is 9.78 Å². The first-order chi connectivity index (χ1) is 7.86. The molecule has 4 nitrogen and oxygen atoms in total. The predicted octanol–water partition coefficient (Wildman–Crippen LogP) is 3.62. The van der Waals surface area contributed by atoms with E-state index < -0.39 is 0 Å². The zero-order valence-electron chi connectivity index (χ0n) is 9.94. The lowest BCUT2D eigenvalue weighted by Gasteiger charge is -2.17. The van der Waals surface area contributed by atoms with Gasteiger partial charge in [0, 0.05) is 0 Å². The average molecular weight is 232 g/mol. The van der Waals surface area contributed by atoms with Gasteiger partial charge in [0.25, 0.3) is 0 Å². The Morgan fingerprint density at radius 3 is 1.06 bits per heavy atom. The molecule has 0 aromatic rings. The largest absolute Gasteiger partial charge is 0.252 e. The molecule has 2 aliphatic rings. The summed E-state index contributed by atoms with van der Waals surface area (Å²) in [5, 5.41) is 16.4. The van der Waals surface area contributed by atoms with E-state index in [1.54, 1.807) is 0 Å². The summed E-state index contributed by atoms with van der Waals surface area (Å²) in [4.78, 5) is 8.38. The fourth-order valence-electron chi connectivity index (χ4n) is 2.34. The molecule has 0 heterocycles. The molecule has 0 unspecified atom stereocenters. The van der Waals surface area contributed by atoms with Crippen molar-refractivity contribution in [2.75, 3.05) is 0 Å². The summed E-state index contributed by atoms with van der Waals surface area (Å²) in [5.41, 5.74) is 0. The van der Waals surface area contributed by atoms with Crippen LogP contribution in [0.5, 0.6) is 0 Å². The minimum Gasteiger partial charge on any atom is -0.252 e. The Morgan fingerprint density at radius 1 is 0.562 bits per heavy atom. The topological polar surface area (TPSA) is 58.9 Å². The second-order valence-corrected chi connectivity index (χ2v) is 4.73. The van der Waals surface area contributed by atoms with Gasteiger partial charge in [-0.15, -0.1) is 0 Å². The quantitative estimate of drug-likeness (QED) is 0.564. The first kappa shape index (κ1) is 13.9. The lowest BCUT2D eigenvalue weighted by Crippen LogP contribution is -2.14. The Morgan fingerprint density at radius 2 is 0.875 bits per heavy atom. The molecule has 0 radical (unpaired) electrons. The summed E-state index contributed by atoms with van der Waals surface area (Å²) in [6.45, 7) is 0. The van der Waals surface area contributed by atoms with Gasteiger partial charge in [-0.3, -0.25) is 10.5 Å². The fraction of sp³-hybridized carbons (Fsp3) is 1.00. The summed E-state index contributed by atoms with van der Waals surface area (Å²) in [7, 11) is 0. The second kappa shape index (κ2) is 8.93. The van der Waals surface area contributed by atoms with Crippen molar-refractivity contribution >= 4 is 0 Å². The Bertz CT molecular complexity index is 133. The Labute approximate surface area is 97.4 Å². The summed E-state index contributed by atoms with van der Waals surface area (Å²) in [6, 6.07) is 0. The van der Waals surface area contributed by atoms with Crippen LogP contribution in [0.1, 0.15) is 64.2 Å². The molecule has 2 saturated carbocycles. The first-order valence-electron chi connectivity index (χ1n) is 6.47. The summed E-state index contributed by atoms with van der Waals surface area (Å²) in [5.74, 6) is 0. The van der Waals surface area contributed by atoms with E-state index in [1.807, 2.05) is 0 Å². The third-order valence-electron chi connectivity index (χ3n) is 3.40. The Kier molecular flexibility index (Phi) is 7.76. The van der Waals surface area contributed by atoms with Crippen molar-refractivity contribution in [3.63, 3.8) is 0 Å². The molecule has 0 bridgehead atoms. The lowest BCUT2D eigenvalue weighted by molar-refractivity contribution is -0.283. The van der Waals surface area contributed by atoms with Gasteiger partial charge in [0.2, 0.25) is 0 Å². The molecule has 0 atom stereocenters. The van der Waals surface area contributed by atoms with Crippen LogP contribution in [-0.4, -0.2) is 22.7 Å². The first-order valence-corrected chi connectivity index (χ1v) is 6.47. The highest BCUT2D eigenvalue weighted by atomic mass is 17.1. The molecule has 0 aromatic heterocycles. The van der Waals surface area contributed by atoms with Crippen molar-refractivity contribution in [1.82, 2.24) is 0 Å². The third kappa shape index (κ3) is 5.80. The standard InChI is InChI=1S/2C6H12O2/c2*7-8-6-4-2-1-3-5-6/h2*6-7H,1-5H2. The van der Waals surface area contributed by atoms with Gasteiger partial charge >= 0.3 is 0 Å². The second-order valence-electron chi connectivity index (χ2n) is 4.73. The van der Waals surface area contributed by atoms with Gasteiger partial charge in [-0.2, -0.15) is 0 Å². The van der Waals surface area contributed by atoms with Crippen molar-refractivity contribution in [3.05, 3.63) is 0 Å². The van der Waals surface area contributed by atoms with E-state index >= 15 is 0 Å². The highest BCUT2D eigenvalue weighted by Crippen LogP contribution is 2.19. The molecule has 2 N–H and O–H groups in total. The average Bonchev–Trinajstić information content (AvgIpc) is 2.41. The van der Waals surface area contributed by atoms with Crippen LogP contribution < -0.4 is 0 Å². The maximum absolute atomic E-state index is 8.19.